The summed E-state index contributed by atoms with van der Waals surface area (Å²) in [6.07, 6.45) is 6.64. The molecule has 8 rings (SSSR count). The number of rotatable bonds is 13. The van der Waals surface area contributed by atoms with Crippen LogP contribution in [0.25, 0.3) is 33.1 Å². The molecule has 0 aliphatic carbocycles. The number of benzene rings is 6. The molecule has 0 N–H and O–H groups in total. The third kappa shape index (κ3) is 16.1. The summed E-state index contributed by atoms with van der Waals surface area (Å²) in [5.41, 5.74) is 7.11. The number of pyridine rings is 2. The van der Waals surface area contributed by atoms with Gasteiger partial charge in [0, 0.05) is 23.8 Å². The fraction of sp³-hybridized carbons (Fsp3) is 0.0400. The van der Waals surface area contributed by atoms with Gasteiger partial charge in [-0.2, -0.15) is 0 Å². The maximum absolute atomic E-state index is 5.90. The van der Waals surface area contributed by atoms with Crippen LogP contribution in [0, 0.1) is 12.1 Å². The fourth-order valence-corrected chi connectivity index (χ4v) is 5.17. The summed E-state index contributed by atoms with van der Waals surface area (Å²) in [5, 5.41) is 8.85. The topological polar surface area (TPSA) is 97.2 Å². The van der Waals surface area contributed by atoms with Crippen molar-refractivity contribution in [3.63, 3.8) is 0 Å². The van der Waals surface area contributed by atoms with Gasteiger partial charge in [-0.1, -0.05) is 134 Å². The molecule has 0 aliphatic rings. The van der Waals surface area contributed by atoms with Crippen molar-refractivity contribution >= 4 is 35.4 Å². The number of aliphatic imine (C=N–C) groups is 2. The van der Waals surface area contributed by atoms with E-state index in [0.29, 0.717) is 36.1 Å². The van der Waals surface area contributed by atoms with Crippen molar-refractivity contribution in [2.45, 2.75) is 0 Å². The van der Waals surface area contributed by atoms with Crippen LogP contribution < -0.4 is 9.47 Å². The molecule has 2 heterocycles. The van der Waals surface area contributed by atoms with Crippen molar-refractivity contribution in [3.8, 4) is 34.0 Å². The van der Waals surface area contributed by atoms with Crippen LogP contribution in [0.4, 0.5) is 22.7 Å². The van der Waals surface area contributed by atoms with Crippen molar-refractivity contribution in [1.29, 1.82) is 0 Å². The SMILES string of the molecule is C(=Nc1ccccc1)[N-]c1ccccc1OCCOc1ccccc1[N-]C=Nc1ccccc1.[Pt+2].[Pt+2].[c-]1ccccc1-c1ccccn1.[c-]1ccccc1-c1ccccn1. The minimum Gasteiger partial charge on any atom is -0.490 e. The van der Waals surface area contributed by atoms with E-state index in [-0.39, 0.29) is 42.1 Å². The van der Waals surface area contributed by atoms with Crippen LogP contribution in [-0.4, -0.2) is 35.9 Å². The molecule has 0 saturated heterocycles. The maximum atomic E-state index is 5.90. The van der Waals surface area contributed by atoms with Crippen molar-refractivity contribution in [3.05, 3.63) is 229 Å². The van der Waals surface area contributed by atoms with Crippen LogP contribution in [-0.2, 0) is 42.1 Å². The molecule has 0 unspecified atom stereocenters. The molecule has 302 valence electrons. The van der Waals surface area contributed by atoms with E-state index in [9.17, 15) is 0 Å². The Morgan fingerprint density at radius 2 is 0.817 bits per heavy atom. The van der Waals surface area contributed by atoms with Crippen molar-refractivity contribution in [2.24, 2.45) is 9.98 Å². The zero-order valence-electron chi connectivity index (χ0n) is 32.3. The molecule has 0 spiro atoms. The van der Waals surface area contributed by atoms with E-state index in [4.69, 9.17) is 9.47 Å². The number of aromatic nitrogens is 2. The van der Waals surface area contributed by atoms with Gasteiger partial charge in [0.25, 0.3) is 0 Å². The summed E-state index contributed by atoms with van der Waals surface area (Å²) >= 11 is 0. The third-order valence-corrected chi connectivity index (χ3v) is 7.95. The van der Waals surface area contributed by atoms with Gasteiger partial charge in [0.2, 0.25) is 0 Å². The van der Waals surface area contributed by atoms with Gasteiger partial charge in [-0.05, 0) is 47.0 Å². The van der Waals surface area contributed by atoms with Gasteiger partial charge in [0.05, 0.1) is 0 Å². The van der Waals surface area contributed by atoms with Crippen LogP contribution in [0.5, 0.6) is 11.5 Å². The van der Waals surface area contributed by atoms with Gasteiger partial charge in [-0.15, -0.1) is 71.8 Å². The summed E-state index contributed by atoms with van der Waals surface area (Å²) in [4.78, 5) is 17.1. The van der Waals surface area contributed by atoms with E-state index in [1.807, 2.05) is 194 Å². The Labute approximate surface area is 381 Å². The molecule has 2 aromatic heterocycles. The molecular weight excluding hydrogens is 1110 g/mol. The number of ether oxygens (including phenoxy) is 2. The molecule has 0 bridgehead atoms. The standard InChI is InChI=1S/C28H24N4O2.2C11H8N.2Pt/c1-3-11-23(12-4-1)29-21-31-25-15-7-9-17-27(25)33-19-20-34-28-18-10-8-16-26(28)32-22-30-24-13-5-2-6-14-24;2*1-2-6-10(7-3-1)11-8-4-5-9-12-11;;/h1-18,21-22H,19-20H2;2*1-6,8-9H;;/q-2;2*-1;2*+2. The van der Waals surface area contributed by atoms with Gasteiger partial charge in [0.1, 0.15) is 24.7 Å². The van der Waals surface area contributed by atoms with E-state index in [0.717, 1.165) is 33.9 Å². The molecular formula is C50H40N6O2Pt2. The Balaban J connectivity index is 0.000000248. The summed E-state index contributed by atoms with van der Waals surface area (Å²) < 4.78 is 11.8. The molecule has 0 atom stereocenters. The van der Waals surface area contributed by atoms with Crippen LogP contribution in [0.15, 0.2) is 217 Å². The Morgan fingerprint density at radius 3 is 1.20 bits per heavy atom. The minimum atomic E-state index is 0. The second kappa shape index (κ2) is 27.3. The zero-order valence-corrected chi connectivity index (χ0v) is 36.9. The molecule has 10 heteroatoms. The van der Waals surface area contributed by atoms with Gasteiger partial charge < -0.3 is 40.1 Å². The average molecular weight is 1150 g/mol. The Bertz CT molecular complexity index is 2150. The molecule has 0 fully saturated rings. The zero-order chi connectivity index (χ0) is 39.7. The van der Waals surface area contributed by atoms with Crippen LogP contribution in [0.3, 0.4) is 0 Å². The largest absolute Gasteiger partial charge is 2.00 e. The second-order valence-electron chi connectivity index (χ2n) is 12.0. The number of nitrogens with zero attached hydrogens (tertiary/aromatic N) is 6. The summed E-state index contributed by atoms with van der Waals surface area (Å²) in [6, 6.07) is 68.1. The van der Waals surface area contributed by atoms with Crippen molar-refractivity contribution < 1.29 is 51.6 Å². The van der Waals surface area contributed by atoms with Crippen LogP contribution >= 0.6 is 0 Å². The quantitative estimate of drug-likeness (QED) is 0.0497. The van der Waals surface area contributed by atoms with E-state index < -0.39 is 0 Å². The molecule has 0 aliphatic heterocycles. The van der Waals surface area contributed by atoms with E-state index in [1.54, 1.807) is 12.4 Å². The first-order valence-corrected chi connectivity index (χ1v) is 18.6. The minimum absolute atomic E-state index is 0. The molecule has 0 saturated carbocycles. The van der Waals surface area contributed by atoms with E-state index in [2.05, 4.69) is 42.7 Å². The fourth-order valence-electron chi connectivity index (χ4n) is 5.17. The number of hydrogen-bond donors (Lipinski definition) is 0. The van der Waals surface area contributed by atoms with E-state index in [1.165, 1.54) is 12.7 Å². The predicted molar refractivity (Wildman–Crippen MR) is 236 cm³/mol. The summed E-state index contributed by atoms with van der Waals surface area (Å²) in [6.45, 7) is 0.712. The van der Waals surface area contributed by atoms with Crippen LogP contribution in [0.1, 0.15) is 0 Å². The normalized spacial score (nSPS) is 10.1. The van der Waals surface area contributed by atoms with Gasteiger partial charge in [-0.3, -0.25) is 0 Å². The average Bonchev–Trinajstić information content (AvgIpc) is 3.31. The molecule has 6 aromatic carbocycles. The van der Waals surface area contributed by atoms with Crippen molar-refractivity contribution in [2.75, 3.05) is 13.2 Å². The van der Waals surface area contributed by atoms with Crippen molar-refractivity contribution in [1.82, 2.24) is 9.97 Å². The third-order valence-electron chi connectivity index (χ3n) is 7.95. The summed E-state index contributed by atoms with van der Waals surface area (Å²) in [5.74, 6) is 1.33. The molecule has 60 heavy (non-hydrogen) atoms. The predicted octanol–water partition coefficient (Wildman–Crippen LogP) is 13.0. The molecule has 0 amide bonds. The monoisotopic (exact) mass is 1150 g/mol. The first-order chi connectivity index (χ1) is 28.8. The Hall–Kier alpha value is -6.46. The maximum Gasteiger partial charge on any atom is 2.00 e. The molecule has 8 nitrogen and oxygen atoms in total. The Kier molecular flexibility index (Phi) is 21.0. The van der Waals surface area contributed by atoms with Gasteiger partial charge in [-0.25, -0.2) is 0 Å². The number of hydrogen-bond acceptors (Lipinski definition) is 6. The first kappa shape index (κ1) is 46.2. The number of para-hydroxylation sites is 6. The van der Waals surface area contributed by atoms with Gasteiger partial charge >= 0.3 is 42.1 Å². The summed E-state index contributed by atoms with van der Waals surface area (Å²) in [7, 11) is 0. The first-order valence-electron chi connectivity index (χ1n) is 18.6. The second-order valence-corrected chi connectivity index (χ2v) is 12.0. The van der Waals surface area contributed by atoms with E-state index >= 15 is 0 Å². The molecule has 8 aromatic rings. The van der Waals surface area contributed by atoms with Gasteiger partial charge in [0.15, 0.2) is 0 Å². The molecule has 0 radical (unpaired) electrons. The Morgan fingerprint density at radius 1 is 0.433 bits per heavy atom. The smallest absolute Gasteiger partial charge is 0.490 e. The van der Waals surface area contributed by atoms with Crippen LogP contribution in [0.2, 0.25) is 0 Å².